The first-order chi connectivity index (χ1) is 14.6. The maximum Gasteiger partial charge on any atom is 0.338 e. The summed E-state index contributed by atoms with van der Waals surface area (Å²) in [5.41, 5.74) is 1.92. The van der Waals surface area contributed by atoms with Gasteiger partial charge >= 0.3 is 11.9 Å². The Morgan fingerprint density at radius 2 is 1.60 bits per heavy atom. The second-order valence-corrected chi connectivity index (χ2v) is 6.24. The van der Waals surface area contributed by atoms with Crippen LogP contribution >= 0.6 is 0 Å². The highest BCUT2D eigenvalue weighted by molar-refractivity contribution is 6.03. The predicted octanol–water partition coefficient (Wildman–Crippen LogP) is 4.52. The summed E-state index contributed by atoms with van der Waals surface area (Å²) in [6.07, 6.45) is 1.36. The summed E-state index contributed by atoms with van der Waals surface area (Å²) < 4.78 is 21.8. The van der Waals surface area contributed by atoms with E-state index in [9.17, 15) is 9.59 Å². The van der Waals surface area contributed by atoms with Gasteiger partial charge in [-0.3, -0.25) is 0 Å². The average Bonchev–Trinajstić information content (AvgIpc) is 3.14. The zero-order chi connectivity index (χ0) is 21.1. The van der Waals surface area contributed by atoms with Crippen LogP contribution in [0.2, 0.25) is 0 Å². The normalized spacial score (nSPS) is 10.9. The zero-order valence-corrected chi connectivity index (χ0v) is 16.4. The SMILES string of the molecule is CCOC(=O)c1cc(Oc2ncnc3c2oc2ccccc23)cc(C(=O)OCC)c1. The summed E-state index contributed by atoms with van der Waals surface area (Å²) in [6, 6.07) is 11.8. The Kier molecular flexibility index (Phi) is 5.30. The second kappa shape index (κ2) is 8.20. The fraction of sp³-hybridized carbons (Fsp3) is 0.182. The van der Waals surface area contributed by atoms with Gasteiger partial charge in [-0.25, -0.2) is 14.6 Å². The summed E-state index contributed by atoms with van der Waals surface area (Å²) in [5, 5.41) is 0.826. The lowest BCUT2D eigenvalue weighted by atomic mass is 10.1. The van der Waals surface area contributed by atoms with Gasteiger partial charge in [0.2, 0.25) is 5.58 Å². The molecule has 8 heteroatoms. The molecule has 0 bridgehead atoms. The van der Waals surface area contributed by atoms with Gasteiger partial charge < -0.3 is 18.6 Å². The van der Waals surface area contributed by atoms with Crippen molar-refractivity contribution in [2.75, 3.05) is 13.2 Å². The Morgan fingerprint density at radius 1 is 0.933 bits per heavy atom. The minimum atomic E-state index is -0.579. The molecule has 4 rings (SSSR count). The molecular weight excluding hydrogens is 388 g/mol. The molecule has 0 fully saturated rings. The second-order valence-electron chi connectivity index (χ2n) is 6.24. The lowest BCUT2D eigenvalue weighted by molar-refractivity contribution is 0.0524. The van der Waals surface area contributed by atoms with Gasteiger partial charge in [0.25, 0.3) is 5.88 Å². The highest BCUT2D eigenvalue weighted by atomic mass is 16.5. The number of para-hydroxylation sites is 1. The van der Waals surface area contributed by atoms with Crippen LogP contribution in [0, 0.1) is 0 Å². The largest absolute Gasteiger partial charge is 0.462 e. The van der Waals surface area contributed by atoms with Gasteiger partial charge in [0.05, 0.1) is 24.3 Å². The molecule has 2 heterocycles. The molecule has 0 radical (unpaired) electrons. The van der Waals surface area contributed by atoms with Crippen LogP contribution in [0.4, 0.5) is 0 Å². The molecule has 0 amide bonds. The first kappa shape index (κ1) is 19.4. The number of rotatable bonds is 6. The molecule has 4 aromatic rings. The lowest BCUT2D eigenvalue weighted by Crippen LogP contribution is -2.09. The van der Waals surface area contributed by atoms with Crippen molar-refractivity contribution in [1.82, 2.24) is 9.97 Å². The minimum absolute atomic E-state index is 0.159. The third kappa shape index (κ3) is 3.67. The van der Waals surface area contributed by atoms with Gasteiger partial charge in [-0.15, -0.1) is 0 Å². The van der Waals surface area contributed by atoms with E-state index >= 15 is 0 Å². The van der Waals surface area contributed by atoms with E-state index in [0.717, 1.165) is 5.39 Å². The third-order valence-corrected chi connectivity index (χ3v) is 4.27. The van der Waals surface area contributed by atoms with E-state index in [1.807, 2.05) is 24.3 Å². The van der Waals surface area contributed by atoms with E-state index in [1.165, 1.54) is 24.5 Å². The number of carbonyl (C=O) groups excluding carboxylic acids is 2. The standard InChI is InChI=1S/C22H18N2O6/c1-3-27-21(25)13-9-14(22(26)28-4-2)11-15(10-13)29-20-19-18(23-12-24-20)16-7-5-6-8-17(16)30-19/h5-12H,3-4H2,1-2H3. The summed E-state index contributed by atoms with van der Waals surface area (Å²) >= 11 is 0. The quantitative estimate of drug-likeness (QED) is 0.431. The lowest BCUT2D eigenvalue weighted by Gasteiger charge is -2.10. The number of nitrogens with zero attached hydrogens (tertiary/aromatic N) is 2. The van der Waals surface area contributed by atoms with Crippen molar-refractivity contribution in [2.24, 2.45) is 0 Å². The van der Waals surface area contributed by atoms with E-state index in [1.54, 1.807) is 13.8 Å². The molecule has 0 saturated heterocycles. The van der Waals surface area contributed by atoms with Crippen molar-refractivity contribution in [3.8, 4) is 11.6 Å². The number of ether oxygens (including phenoxy) is 3. The molecule has 0 aliphatic heterocycles. The number of carbonyl (C=O) groups is 2. The van der Waals surface area contributed by atoms with Gasteiger partial charge in [-0.2, -0.15) is 4.98 Å². The fourth-order valence-electron chi connectivity index (χ4n) is 3.01. The highest BCUT2D eigenvalue weighted by Gasteiger charge is 2.18. The van der Waals surface area contributed by atoms with Gasteiger partial charge in [0.15, 0.2) is 0 Å². The molecular formula is C22H18N2O6. The van der Waals surface area contributed by atoms with Gasteiger partial charge in [-0.1, -0.05) is 12.1 Å². The summed E-state index contributed by atoms with van der Waals surface area (Å²) in [5.74, 6) is -0.786. The number of hydrogen-bond acceptors (Lipinski definition) is 8. The van der Waals surface area contributed by atoms with Crippen LogP contribution in [0.5, 0.6) is 11.6 Å². The molecule has 0 unspecified atom stereocenters. The monoisotopic (exact) mass is 406 g/mol. The maximum atomic E-state index is 12.2. The van der Waals surface area contributed by atoms with Crippen LogP contribution in [-0.2, 0) is 9.47 Å². The van der Waals surface area contributed by atoms with Crippen molar-refractivity contribution < 1.29 is 28.2 Å². The van der Waals surface area contributed by atoms with Crippen molar-refractivity contribution in [1.29, 1.82) is 0 Å². The van der Waals surface area contributed by atoms with Crippen molar-refractivity contribution in [3.05, 3.63) is 59.9 Å². The maximum absolute atomic E-state index is 12.2. The summed E-state index contributed by atoms with van der Waals surface area (Å²) in [7, 11) is 0. The van der Waals surface area contributed by atoms with Crippen LogP contribution < -0.4 is 4.74 Å². The van der Waals surface area contributed by atoms with Crippen molar-refractivity contribution >= 4 is 34.0 Å². The molecule has 0 N–H and O–H groups in total. The Bertz CT molecular complexity index is 1210. The number of hydrogen-bond donors (Lipinski definition) is 0. The van der Waals surface area contributed by atoms with E-state index in [0.29, 0.717) is 16.7 Å². The van der Waals surface area contributed by atoms with Crippen molar-refractivity contribution in [3.63, 3.8) is 0 Å². The van der Waals surface area contributed by atoms with Gasteiger partial charge in [0.1, 0.15) is 23.2 Å². The summed E-state index contributed by atoms with van der Waals surface area (Å²) in [4.78, 5) is 32.9. The number of benzene rings is 2. The minimum Gasteiger partial charge on any atom is -0.462 e. The van der Waals surface area contributed by atoms with Crippen molar-refractivity contribution in [2.45, 2.75) is 13.8 Å². The first-order valence-electron chi connectivity index (χ1n) is 9.40. The molecule has 8 nitrogen and oxygen atoms in total. The molecule has 0 atom stereocenters. The average molecular weight is 406 g/mol. The van der Waals surface area contributed by atoms with Crippen LogP contribution in [-0.4, -0.2) is 35.1 Å². The number of esters is 2. The molecule has 2 aromatic carbocycles. The van der Waals surface area contributed by atoms with Crippen LogP contribution in [0.25, 0.3) is 22.1 Å². The zero-order valence-electron chi connectivity index (χ0n) is 16.4. The topological polar surface area (TPSA) is 101 Å². The molecule has 0 saturated carbocycles. The number of furan rings is 1. The fourth-order valence-corrected chi connectivity index (χ4v) is 3.01. The van der Waals surface area contributed by atoms with Gasteiger partial charge in [-0.05, 0) is 44.2 Å². The Labute approximate surface area is 171 Å². The molecule has 30 heavy (non-hydrogen) atoms. The Balaban J connectivity index is 1.78. The molecule has 152 valence electrons. The molecule has 0 aliphatic carbocycles. The third-order valence-electron chi connectivity index (χ3n) is 4.27. The van der Waals surface area contributed by atoms with Crippen LogP contribution in [0.15, 0.2) is 53.2 Å². The van der Waals surface area contributed by atoms with E-state index < -0.39 is 11.9 Å². The van der Waals surface area contributed by atoms with Gasteiger partial charge in [0, 0.05) is 5.39 Å². The highest BCUT2D eigenvalue weighted by Crippen LogP contribution is 2.34. The first-order valence-corrected chi connectivity index (χ1v) is 9.40. The molecule has 0 spiro atoms. The predicted molar refractivity (Wildman–Crippen MR) is 108 cm³/mol. The molecule has 2 aromatic heterocycles. The Hall–Kier alpha value is -3.94. The van der Waals surface area contributed by atoms with E-state index in [4.69, 9.17) is 18.6 Å². The molecule has 0 aliphatic rings. The number of fused-ring (bicyclic) bond motifs is 3. The van der Waals surface area contributed by atoms with Crippen LogP contribution in [0.3, 0.4) is 0 Å². The Morgan fingerprint density at radius 3 is 2.27 bits per heavy atom. The van der Waals surface area contributed by atoms with E-state index in [2.05, 4.69) is 9.97 Å². The number of aromatic nitrogens is 2. The van der Waals surface area contributed by atoms with E-state index in [-0.39, 0.29) is 36.0 Å². The van der Waals surface area contributed by atoms with Crippen LogP contribution in [0.1, 0.15) is 34.6 Å². The summed E-state index contributed by atoms with van der Waals surface area (Å²) in [6.45, 7) is 3.79. The smallest absolute Gasteiger partial charge is 0.338 e.